The highest BCUT2D eigenvalue weighted by Gasteiger charge is 2.18. The number of fused-ring (bicyclic) bond motifs is 2. The summed E-state index contributed by atoms with van der Waals surface area (Å²) in [5.41, 5.74) is 3.17. The Morgan fingerprint density at radius 1 is 1.03 bits per heavy atom. The number of esters is 1. The van der Waals surface area contributed by atoms with Gasteiger partial charge in [0, 0.05) is 35.4 Å². The van der Waals surface area contributed by atoms with Crippen LogP contribution in [0.1, 0.15) is 22.8 Å². The van der Waals surface area contributed by atoms with Crippen LogP contribution in [0.25, 0.3) is 10.9 Å². The Morgan fingerprint density at radius 2 is 1.80 bits per heavy atom. The summed E-state index contributed by atoms with van der Waals surface area (Å²) in [6.07, 6.45) is 1.17. The molecule has 178 valence electrons. The largest absolute Gasteiger partial charge is 0.479 e. The Labute approximate surface area is 202 Å². The van der Waals surface area contributed by atoms with Gasteiger partial charge < -0.3 is 28.8 Å². The zero-order chi connectivity index (χ0) is 24.4. The third-order valence-electron chi connectivity index (χ3n) is 5.79. The van der Waals surface area contributed by atoms with Gasteiger partial charge in [-0.1, -0.05) is 30.3 Å². The number of carbonyl (C=O) groups excluding carboxylic acids is 2. The topological polar surface area (TPSA) is 88.0 Å². The van der Waals surface area contributed by atoms with E-state index in [1.165, 1.54) is 7.11 Å². The first kappa shape index (κ1) is 22.3. The summed E-state index contributed by atoms with van der Waals surface area (Å²) in [4.78, 5) is 24.7. The van der Waals surface area contributed by atoms with Crippen molar-refractivity contribution >= 4 is 28.5 Å². The number of nitrogens with zero attached hydrogens (tertiary/aromatic N) is 1. The number of nitrogens with one attached hydrogen (secondary N) is 1. The number of methoxy groups -OCH3 is 1. The molecule has 0 bridgehead atoms. The Hall–Kier alpha value is -4.46. The van der Waals surface area contributed by atoms with Crippen molar-refractivity contribution in [1.29, 1.82) is 0 Å². The van der Waals surface area contributed by atoms with E-state index in [0.717, 1.165) is 16.5 Å². The molecule has 3 aromatic carbocycles. The molecule has 8 nitrogen and oxygen atoms in total. The Bertz CT molecular complexity index is 1390. The first-order chi connectivity index (χ1) is 17.0. The molecule has 1 aliphatic rings. The van der Waals surface area contributed by atoms with Gasteiger partial charge >= 0.3 is 5.97 Å². The molecule has 5 rings (SSSR count). The molecule has 4 aromatic rings. The summed E-state index contributed by atoms with van der Waals surface area (Å²) in [7, 11) is 1.33. The second kappa shape index (κ2) is 9.42. The maximum atomic E-state index is 13.2. The fraction of sp³-hybridized carbons (Fsp3) is 0.185. The van der Waals surface area contributed by atoms with Crippen molar-refractivity contribution in [2.75, 3.05) is 19.2 Å². The standard InChI is InChI=1S/C27H24N2O6/c1-17(27(31)32-2)35-20-10-7-18(8-11-20)14-29-15-22(21-5-3-4-6-23(21)29)26(30)28-19-9-12-24-25(13-19)34-16-33-24/h3-13,15,17H,14,16H2,1-2H3,(H,28,30). The number of anilines is 1. The molecule has 1 unspecified atom stereocenters. The lowest BCUT2D eigenvalue weighted by atomic mass is 10.1. The second-order valence-corrected chi connectivity index (χ2v) is 8.14. The number of aromatic nitrogens is 1. The molecule has 0 saturated heterocycles. The van der Waals surface area contributed by atoms with Crippen molar-refractivity contribution in [2.24, 2.45) is 0 Å². The van der Waals surface area contributed by atoms with Crippen molar-refractivity contribution in [2.45, 2.75) is 19.6 Å². The molecule has 0 spiro atoms. The van der Waals surface area contributed by atoms with E-state index in [4.69, 9.17) is 18.9 Å². The molecule has 0 fully saturated rings. The molecular formula is C27H24N2O6. The van der Waals surface area contributed by atoms with Gasteiger partial charge in [0.1, 0.15) is 5.75 Å². The van der Waals surface area contributed by atoms with Gasteiger partial charge in [0.05, 0.1) is 12.7 Å². The third-order valence-corrected chi connectivity index (χ3v) is 5.79. The molecule has 35 heavy (non-hydrogen) atoms. The highest BCUT2D eigenvalue weighted by atomic mass is 16.7. The van der Waals surface area contributed by atoms with Crippen LogP contribution in [0.4, 0.5) is 5.69 Å². The summed E-state index contributed by atoms with van der Waals surface area (Å²) in [6, 6.07) is 20.6. The number of amides is 1. The minimum atomic E-state index is -0.690. The number of ether oxygens (including phenoxy) is 4. The van der Waals surface area contributed by atoms with Crippen molar-refractivity contribution < 1.29 is 28.5 Å². The van der Waals surface area contributed by atoms with Crippen molar-refractivity contribution in [1.82, 2.24) is 4.57 Å². The minimum absolute atomic E-state index is 0.178. The molecular weight excluding hydrogens is 448 g/mol. The lowest BCUT2D eigenvalue weighted by Gasteiger charge is -2.13. The van der Waals surface area contributed by atoms with Crippen molar-refractivity contribution in [3.8, 4) is 17.2 Å². The van der Waals surface area contributed by atoms with E-state index >= 15 is 0 Å². The fourth-order valence-corrected chi connectivity index (χ4v) is 4.02. The second-order valence-electron chi connectivity index (χ2n) is 8.14. The van der Waals surface area contributed by atoms with E-state index in [9.17, 15) is 9.59 Å². The van der Waals surface area contributed by atoms with E-state index in [-0.39, 0.29) is 12.7 Å². The predicted molar refractivity (Wildman–Crippen MR) is 130 cm³/mol. The zero-order valence-corrected chi connectivity index (χ0v) is 19.3. The van der Waals surface area contributed by atoms with E-state index in [1.807, 2.05) is 59.3 Å². The van der Waals surface area contributed by atoms with Crippen LogP contribution in [0.2, 0.25) is 0 Å². The average Bonchev–Trinajstić information content (AvgIpc) is 3.49. The van der Waals surface area contributed by atoms with E-state index < -0.39 is 12.1 Å². The zero-order valence-electron chi connectivity index (χ0n) is 19.3. The molecule has 8 heteroatoms. The number of carbonyl (C=O) groups is 2. The summed E-state index contributed by atoms with van der Waals surface area (Å²) >= 11 is 0. The smallest absolute Gasteiger partial charge is 0.346 e. The molecule has 0 radical (unpaired) electrons. The highest BCUT2D eigenvalue weighted by Crippen LogP contribution is 2.34. The summed E-state index contributed by atoms with van der Waals surface area (Å²) < 4.78 is 23.1. The quantitative estimate of drug-likeness (QED) is 0.395. The first-order valence-electron chi connectivity index (χ1n) is 11.1. The van der Waals surface area contributed by atoms with Crippen LogP contribution < -0.4 is 19.5 Å². The monoisotopic (exact) mass is 472 g/mol. The number of rotatable bonds is 7. The Balaban J connectivity index is 1.35. The first-order valence-corrected chi connectivity index (χ1v) is 11.1. The molecule has 1 N–H and O–H groups in total. The average molecular weight is 472 g/mol. The fourth-order valence-electron chi connectivity index (χ4n) is 4.02. The number of para-hydroxylation sites is 1. The van der Waals surface area contributed by atoms with Gasteiger partial charge in [0.2, 0.25) is 6.79 Å². The SMILES string of the molecule is COC(=O)C(C)Oc1ccc(Cn2cc(C(=O)Nc3ccc4c(c3)OCO4)c3ccccc32)cc1. The van der Waals surface area contributed by atoms with E-state index in [2.05, 4.69) is 5.32 Å². The number of benzene rings is 3. The lowest BCUT2D eigenvalue weighted by molar-refractivity contribution is -0.147. The van der Waals surface area contributed by atoms with Gasteiger partial charge in [-0.15, -0.1) is 0 Å². The summed E-state index contributed by atoms with van der Waals surface area (Å²) in [5.74, 6) is 1.21. The van der Waals surface area contributed by atoms with E-state index in [0.29, 0.717) is 35.0 Å². The van der Waals surface area contributed by atoms with Crippen LogP contribution >= 0.6 is 0 Å². The predicted octanol–water partition coefficient (Wildman–Crippen LogP) is 4.61. The molecule has 2 heterocycles. The molecule has 0 aliphatic carbocycles. The van der Waals surface area contributed by atoms with Gasteiger partial charge in [-0.25, -0.2) is 4.79 Å². The Kier molecular flexibility index (Phi) is 6.01. The lowest BCUT2D eigenvalue weighted by Crippen LogP contribution is -2.24. The van der Waals surface area contributed by atoms with Crippen molar-refractivity contribution in [3.05, 3.63) is 84.1 Å². The van der Waals surface area contributed by atoms with Crippen LogP contribution in [0.3, 0.4) is 0 Å². The van der Waals surface area contributed by atoms with Crippen LogP contribution in [-0.2, 0) is 16.1 Å². The maximum absolute atomic E-state index is 13.2. The molecule has 0 saturated carbocycles. The highest BCUT2D eigenvalue weighted by molar-refractivity contribution is 6.13. The normalized spacial score (nSPS) is 12.9. The van der Waals surface area contributed by atoms with Gasteiger partial charge in [-0.05, 0) is 42.8 Å². The van der Waals surface area contributed by atoms with Gasteiger partial charge in [0.25, 0.3) is 5.91 Å². The summed E-state index contributed by atoms with van der Waals surface area (Å²) in [6.45, 7) is 2.38. The van der Waals surface area contributed by atoms with Crippen LogP contribution in [0.5, 0.6) is 17.2 Å². The maximum Gasteiger partial charge on any atom is 0.346 e. The van der Waals surface area contributed by atoms with Gasteiger partial charge in [0.15, 0.2) is 17.6 Å². The molecule has 1 aromatic heterocycles. The van der Waals surface area contributed by atoms with Crippen LogP contribution in [0, 0.1) is 0 Å². The minimum Gasteiger partial charge on any atom is -0.479 e. The number of hydrogen-bond acceptors (Lipinski definition) is 6. The van der Waals surface area contributed by atoms with Gasteiger partial charge in [-0.3, -0.25) is 4.79 Å². The third kappa shape index (κ3) is 4.63. The van der Waals surface area contributed by atoms with Crippen LogP contribution in [0.15, 0.2) is 72.9 Å². The molecule has 1 amide bonds. The Morgan fingerprint density at radius 3 is 2.60 bits per heavy atom. The van der Waals surface area contributed by atoms with E-state index in [1.54, 1.807) is 25.1 Å². The summed E-state index contributed by atoms with van der Waals surface area (Å²) in [5, 5.41) is 3.81. The molecule has 1 atom stereocenters. The van der Waals surface area contributed by atoms with Gasteiger partial charge in [-0.2, -0.15) is 0 Å². The molecule has 1 aliphatic heterocycles. The van der Waals surface area contributed by atoms with Crippen molar-refractivity contribution in [3.63, 3.8) is 0 Å². The van der Waals surface area contributed by atoms with Crippen LogP contribution in [-0.4, -0.2) is 36.5 Å². The number of hydrogen-bond donors (Lipinski definition) is 1.